The summed E-state index contributed by atoms with van der Waals surface area (Å²) < 4.78 is 5.17. The van der Waals surface area contributed by atoms with Crippen molar-refractivity contribution in [1.29, 1.82) is 0 Å². The summed E-state index contributed by atoms with van der Waals surface area (Å²) in [6.07, 6.45) is 0. The third kappa shape index (κ3) is 4.50. The van der Waals surface area contributed by atoms with Gasteiger partial charge in [0.15, 0.2) is 5.82 Å². The van der Waals surface area contributed by atoms with Gasteiger partial charge < -0.3 is 10.1 Å². The minimum Gasteiger partial charge on any atom is -0.379 e. The molecule has 0 aliphatic rings. The lowest BCUT2D eigenvalue weighted by atomic mass is 10.5. The van der Waals surface area contributed by atoms with Gasteiger partial charge in [-0.05, 0) is 5.21 Å². The molecule has 0 unspecified atom stereocenters. The van der Waals surface area contributed by atoms with Gasteiger partial charge in [-0.25, -0.2) is 0 Å². The highest BCUT2D eigenvalue weighted by Gasteiger charge is 1.98. The fourth-order valence-corrected chi connectivity index (χ4v) is 1.00. The Bertz CT molecular complexity index is 254. The molecule has 0 amide bonds. The van der Waals surface area contributed by atoms with E-state index in [2.05, 4.69) is 20.7 Å². The molecule has 0 spiro atoms. The lowest BCUT2D eigenvalue weighted by Crippen LogP contribution is -2.20. The fourth-order valence-electron chi connectivity index (χ4n) is 0.895. The second kappa shape index (κ2) is 6.69. The van der Waals surface area contributed by atoms with Gasteiger partial charge in [-0.3, -0.25) is 0 Å². The van der Waals surface area contributed by atoms with Crippen LogP contribution in [0.3, 0.4) is 0 Å². The van der Waals surface area contributed by atoms with Crippen molar-refractivity contribution in [3.63, 3.8) is 0 Å². The zero-order chi connectivity index (χ0) is 10.2. The average molecular weight is 220 g/mol. The first-order valence-electron chi connectivity index (χ1n) is 4.40. The van der Waals surface area contributed by atoms with Crippen LogP contribution >= 0.6 is 11.6 Å². The molecule has 0 bridgehead atoms. The molecule has 0 saturated heterocycles. The monoisotopic (exact) mass is 219 g/mol. The van der Waals surface area contributed by atoms with Crippen molar-refractivity contribution in [3.8, 4) is 0 Å². The highest BCUT2D eigenvalue weighted by Crippen LogP contribution is 1.83. The van der Waals surface area contributed by atoms with Gasteiger partial charge in [0, 0.05) is 12.4 Å². The molecule has 80 valence electrons. The number of hydrogen-bond acceptors (Lipinski definition) is 5. The van der Waals surface area contributed by atoms with Crippen LogP contribution in [-0.4, -0.2) is 45.8 Å². The maximum atomic E-state index is 5.44. The zero-order valence-corrected chi connectivity index (χ0v) is 8.87. The van der Waals surface area contributed by atoms with Crippen LogP contribution < -0.4 is 5.32 Å². The molecule has 7 heteroatoms. The van der Waals surface area contributed by atoms with Crippen LogP contribution in [0.1, 0.15) is 5.82 Å². The summed E-state index contributed by atoms with van der Waals surface area (Å²) in [6.45, 7) is 2.60. The number of ether oxygens (including phenoxy) is 1. The summed E-state index contributed by atoms with van der Waals surface area (Å²) in [5.74, 6) is 1.22. The molecule has 1 heterocycles. The maximum absolute atomic E-state index is 5.44. The summed E-state index contributed by atoms with van der Waals surface area (Å²) in [5.41, 5.74) is 0. The number of tetrazole rings is 1. The Kier molecular flexibility index (Phi) is 5.43. The van der Waals surface area contributed by atoms with Crippen LogP contribution in [0.2, 0.25) is 0 Å². The molecule has 1 aromatic heterocycles. The van der Waals surface area contributed by atoms with Crippen LogP contribution in [0.25, 0.3) is 0 Å². The standard InChI is InChI=1S/C7H14ClN5O/c1-13-11-7(10-12-13)6-9-3-5-14-4-2-8/h9H,2-6H2,1H3. The Morgan fingerprint density at radius 2 is 2.36 bits per heavy atom. The largest absolute Gasteiger partial charge is 0.379 e. The lowest BCUT2D eigenvalue weighted by molar-refractivity contribution is 0.150. The average Bonchev–Trinajstić information content (AvgIpc) is 2.58. The molecular weight excluding hydrogens is 206 g/mol. The van der Waals surface area contributed by atoms with Crippen molar-refractivity contribution in [3.05, 3.63) is 5.82 Å². The first-order valence-corrected chi connectivity index (χ1v) is 4.93. The van der Waals surface area contributed by atoms with Crippen LogP contribution in [0.15, 0.2) is 0 Å². The molecule has 0 aliphatic heterocycles. The van der Waals surface area contributed by atoms with E-state index in [0.717, 1.165) is 6.54 Å². The predicted molar refractivity (Wildman–Crippen MR) is 52.0 cm³/mol. The van der Waals surface area contributed by atoms with Gasteiger partial charge in [0.05, 0.1) is 26.8 Å². The van der Waals surface area contributed by atoms with Crippen molar-refractivity contribution in [1.82, 2.24) is 25.5 Å². The predicted octanol–water partition coefficient (Wildman–Crippen LogP) is -0.445. The Morgan fingerprint density at radius 3 is 3.00 bits per heavy atom. The van der Waals surface area contributed by atoms with Crippen molar-refractivity contribution in [2.75, 3.05) is 25.6 Å². The van der Waals surface area contributed by atoms with Crippen LogP contribution in [0, 0.1) is 0 Å². The number of rotatable bonds is 7. The lowest BCUT2D eigenvalue weighted by Gasteiger charge is -2.01. The Labute approximate surface area is 87.6 Å². The van der Waals surface area contributed by atoms with Gasteiger partial charge >= 0.3 is 0 Å². The Balaban J connectivity index is 1.99. The molecule has 0 saturated carbocycles. The fraction of sp³-hybridized carbons (Fsp3) is 0.857. The molecule has 0 atom stereocenters. The van der Waals surface area contributed by atoms with Gasteiger partial charge in [0.1, 0.15) is 0 Å². The molecule has 0 fully saturated rings. The quantitative estimate of drug-likeness (QED) is 0.497. The molecule has 6 nitrogen and oxygen atoms in total. The summed E-state index contributed by atoms with van der Waals surface area (Å²) in [7, 11) is 1.74. The van der Waals surface area contributed by atoms with Crippen molar-refractivity contribution in [2.24, 2.45) is 7.05 Å². The van der Waals surface area contributed by atoms with Gasteiger partial charge in [-0.2, -0.15) is 4.80 Å². The number of hydrogen-bond donors (Lipinski definition) is 1. The summed E-state index contributed by atoms with van der Waals surface area (Å²) >= 11 is 5.44. The SMILES string of the molecule is Cn1nnc(CNCCOCCCl)n1. The third-order valence-corrected chi connectivity index (χ3v) is 1.63. The van der Waals surface area contributed by atoms with Crippen LogP contribution in [-0.2, 0) is 18.3 Å². The Hall–Kier alpha value is -0.720. The van der Waals surface area contributed by atoms with Gasteiger partial charge in [0.25, 0.3) is 0 Å². The molecule has 1 aromatic rings. The van der Waals surface area contributed by atoms with Gasteiger partial charge in [-0.15, -0.1) is 21.8 Å². The van der Waals surface area contributed by atoms with Crippen molar-refractivity contribution >= 4 is 11.6 Å². The highest BCUT2D eigenvalue weighted by molar-refractivity contribution is 6.17. The van der Waals surface area contributed by atoms with Gasteiger partial charge in [0.2, 0.25) is 0 Å². The van der Waals surface area contributed by atoms with Crippen LogP contribution in [0.4, 0.5) is 0 Å². The molecule has 0 aromatic carbocycles. The number of alkyl halides is 1. The minimum absolute atomic E-state index is 0.533. The van der Waals surface area contributed by atoms with E-state index in [9.17, 15) is 0 Å². The van der Waals surface area contributed by atoms with Crippen LogP contribution in [0.5, 0.6) is 0 Å². The number of halogens is 1. The first kappa shape index (κ1) is 11.4. The molecular formula is C7H14ClN5O. The summed E-state index contributed by atoms with van der Waals surface area (Å²) in [5, 5.41) is 14.7. The van der Waals surface area contributed by atoms with E-state index in [0.29, 0.717) is 31.5 Å². The second-order valence-electron chi connectivity index (χ2n) is 2.67. The van der Waals surface area contributed by atoms with Crippen molar-refractivity contribution < 1.29 is 4.74 Å². The topological polar surface area (TPSA) is 64.9 Å². The number of aromatic nitrogens is 4. The van der Waals surface area contributed by atoms with E-state index in [-0.39, 0.29) is 0 Å². The van der Waals surface area contributed by atoms with E-state index in [1.165, 1.54) is 4.80 Å². The third-order valence-electron chi connectivity index (χ3n) is 1.48. The molecule has 0 radical (unpaired) electrons. The number of nitrogens with zero attached hydrogens (tertiary/aromatic N) is 4. The first-order chi connectivity index (χ1) is 6.83. The van der Waals surface area contributed by atoms with E-state index >= 15 is 0 Å². The smallest absolute Gasteiger partial charge is 0.188 e. The highest BCUT2D eigenvalue weighted by atomic mass is 35.5. The molecule has 0 aliphatic carbocycles. The van der Waals surface area contributed by atoms with E-state index in [1.807, 2.05) is 0 Å². The maximum Gasteiger partial charge on any atom is 0.188 e. The Morgan fingerprint density at radius 1 is 1.50 bits per heavy atom. The normalized spacial score (nSPS) is 10.7. The van der Waals surface area contributed by atoms with E-state index in [4.69, 9.17) is 16.3 Å². The molecule has 1 N–H and O–H groups in total. The van der Waals surface area contributed by atoms with E-state index < -0.39 is 0 Å². The summed E-state index contributed by atoms with van der Waals surface area (Å²) in [6, 6.07) is 0. The number of aryl methyl sites for hydroxylation is 1. The number of nitrogens with one attached hydrogen (secondary N) is 1. The van der Waals surface area contributed by atoms with Crippen molar-refractivity contribution in [2.45, 2.75) is 6.54 Å². The zero-order valence-electron chi connectivity index (χ0n) is 8.11. The minimum atomic E-state index is 0.533. The summed E-state index contributed by atoms with van der Waals surface area (Å²) in [4.78, 5) is 1.43. The molecule has 14 heavy (non-hydrogen) atoms. The molecule has 1 rings (SSSR count). The van der Waals surface area contributed by atoms with Gasteiger partial charge in [-0.1, -0.05) is 0 Å². The second-order valence-corrected chi connectivity index (χ2v) is 3.05. The van der Waals surface area contributed by atoms with E-state index in [1.54, 1.807) is 7.05 Å².